The lowest BCUT2D eigenvalue weighted by Gasteiger charge is -2.09. The Bertz CT molecular complexity index is 1080. The number of nitrogens with zero attached hydrogens (tertiary/aromatic N) is 2. The lowest BCUT2D eigenvalue weighted by Crippen LogP contribution is -2.17. The summed E-state index contributed by atoms with van der Waals surface area (Å²) in [5.41, 5.74) is 1.35. The molecular formula is C21H24N2O5S. The van der Waals surface area contributed by atoms with Gasteiger partial charge < -0.3 is 23.5 Å². The zero-order valence-corrected chi connectivity index (χ0v) is 18.0. The highest BCUT2D eigenvalue weighted by molar-refractivity contribution is 7.16. The number of aromatic nitrogens is 1. The van der Waals surface area contributed by atoms with Gasteiger partial charge in [0.05, 0.1) is 38.7 Å². The van der Waals surface area contributed by atoms with E-state index in [9.17, 15) is 4.79 Å². The van der Waals surface area contributed by atoms with E-state index in [4.69, 9.17) is 18.9 Å². The van der Waals surface area contributed by atoms with Crippen LogP contribution >= 0.6 is 11.3 Å². The molecule has 0 N–H and O–H groups in total. The maximum atomic E-state index is 12.9. The molecule has 0 radical (unpaired) electrons. The van der Waals surface area contributed by atoms with Crippen LogP contribution in [0.25, 0.3) is 10.2 Å². The summed E-state index contributed by atoms with van der Waals surface area (Å²) in [4.78, 5) is 17.9. The zero-order chi connectivity index (χ0) is 21.0. The van der Waals surface area contributed by atoms with Crippen molar-refractivity contribution in [3.63, 3.8) is 0 Å². The third-order valence-corrected chi connectivity index (χ3v) is 5.47. The van der Waals surface area contributed by atoms with Crippen molar-refractivity contribution in [1.82, 2.24) is 4.57 Å². The van der Waals surface area contributed by atoms with Crippen LogP contribution < -0.4 is 23.7 Å². The van der Waals surface area contributed by atoms with Crippen LogP contribution in [0.4, 0.5) is 0 Å². The number of carbonyl (C=O) groups excluding carboxylic acids is 1. The minimum absolute atomic E-state index is 0.363. The van der Waals surface area contributed by atoms with Crippen molar-refractivity contribution >= 4 is 27.5 Å². The molecule has 7 nitrogen and oxygen atoms in total. The number of hydrogen-bond acceptors (Lipinski definition) is 6. The van der Waals surface area contributed by atoms with Crippen LogP contribution in [0.5, 0.6) is 23.0 Å². The molecule has 2 aromatic carbocycles. The van der Waals surface area contributed by atoms with Gasteiger partial charge in [-0.3, -0.25) is 4.79 Å². The standard InChI is InChI=1S/C21H24N2O5S/c1-6-7-23-16-11-17(27-4)18(28-5)12-19(16)29-21(23)22-20(24)13-8-14(25-2)10-15(9-13)26-3/h8-12H,6-7H2,1-5H3. The molecule has 1 heterocycles. The Labute approximate surface area is 173 Å². The van der Waals surface area contributed by atoms with Gasteiger partial charge in [-0.2, -0.15) is 4.99 Å². The monoisotopic (exact) mass is 416 g/mol. The molecule has 154 valence electrons. The van der Waals surface area contributed by atoms with Crippen LogP contribution in [0.1, 0.15) is 23.7 Å². The normalized spacial score (nSPS) is 11.6. The van der Waals surface area contributed by atoms with Crippen molar-refractivity contribution in [2.45, 2.75) is 19.9 Å². The van der Waals surface area contributed by atoms with E-state index < -0.39 is 0 Å². The number of rotatable bonds is 7. The third-order valence-electron chi connectivity index (χ3n) is 4.43. The lowest BCUT2D eigenvalue weighted by molar-refractivity contribution is 0.0997. The summed E-state index contributed by atoms with van der Waals surface area (Å²) in [5.74, 6) is 1.99. The van der Waals surface area contributed by atoms with Crippen LogP contribution in [-0.2, 0) is 6.54 Å². The number of methoxy groups -OCH3 is 4. The van der Waals surface area contributed by atoms with Gasteiger partial charge in [0.1, 0.15) is 11.5 Å². The molecule has 0 atom stereocenters. The van der Waals surface area contributed by atoms with E-state index in [0.29, 0.717) is 33.4 Å². The SMILES string of the molecule is CCCn1c(=NC(=O)c2cc(OC)cc(OC)c2)sc2cc(OC)c(OC)cc21. The van der Waals surface area contributed by atoms with E-state index in [-0.39, 0.29) is 5.91 Å². The molecule has 0 aliphatic heterocycles. The van der Waals surface area contributed by atoms with Crippen LogP contribution in [0, 0.1) is 0 Å². The van der Waals surface area contributed by atoms with Gasteiger partial charge in [-0.25, -0.2) is 0 Å². The first kappa shape index (κ1) is 20.7. The fourth-order valence-electron chi connectivity index (χ4n) is 3.00. The molecule has 0 fully saturated rings. The number of hydrogen-bond donors (Lipinski definition) is 0. The number of ether oxygens (including phenoxy) is 4. The predicted octanol–water partition coefficient (Wildman–Crippen LogP) is 3.89. The quantitative estimate of drug-likeness (QED) is 0.584. The second-order valence-corrected chi connectivity index (χ2v) is 7.24. The third kappa shape index (κ3) is 4.22. The Morgan fingerprint density at radius 1 is 0.931 bits per heavy atom. The van der Waals surface area contributed by atoms with E-state index in [1.54, 1.807) is 46.6 Å². The maximum absolute atomic E-state index is 12.9. The average molecular weight is 416 g/mol. The Balaban J connectivity index is 2.16. The maximum Gasteiger partial charge on any atom is 0.279 e. The van der Waals surface area contributed by atoms with E-state index in [0.717, 1.165) is 23.2 Å². The van der Waals surface area contributed by atoms with Crippen molar-refractivity contribution in [3.05, 3.63) is 40.7 Å². The summed E-state index contributed by atoms with van der Waals surface area (Å²) in [6.45, 7) is 2.80. The van der Waals surface area contributed by atoms with E-state index in [2.05, 4.69) is 11.9 Å². The van der Waals surface area contributed by atoms with Crippen LogP contribution in [0.15, 0.2) is 35.3 Å². The smallest absolute Gasteiger partial charge is 0.279 e. The fraction of sp³-hybridized carbons (Fsp3) is 0.333. The van der Waals surface area contributed by atoms with E-state index in [1.165, 1.54) is 11.3 Å². The molecule has 3 rings (SSSR count). The number of fused-ring (bicyclic) bond motifs is 1. The van der Waals surface area contributed by atoms with Gasteiger partial charge in [-0.1, -0.05) is 18.3 Å². The molecule has 0 unspecified atom stereocenters. The first-order valence-corrected chi connectivity index (χ1v) is 9.93. The minimum atomic E-state index is -0.363. The molecule has 1 amide bonds. The lowest BCUT2D eigenvalue weighted by atomic mass is 10.2. The first-order chi connectivity index (χ1) is 14.0. The van der Waals surface area contributed by atoms with E-state index >= 15 is 0 Å². The van der Waals surface area contributed by atoms with Crippen molar-refractivity contribution in [2.75, 3.05) is 28.4 Å². The Kier molecular flexibility index (Phi) is 6.43. The number of benzene rings is 2. The molecule has 8 heteroatoms. The van der Waals surface area contributed by atoms with Crippen molar-refractivity contribution < 1.29 is 23.7 Å². The number of amides is 1. The van der Waals surface area contributed by atoms with Crippen molar-refractivity contribution in [1.29, 1.82) is 0 Å². The highest BCUT2D eigenvalue weighted by Gasteiger charge is 2.14. The topological polar surface area (TPSA) is 71.3 Å². The molecule has 0 saturated carbocycles. The van der Waals surface area contributed by atoms with Gasteiger partial charge in [0.2, 0.25) is 0 Å². The van der Waals surface area contributed by atoms with Gasteiger partial charge in [0, 0.05) is 30.3 Å². The summed E-state index contributed by atoms with van der Waals surface area (Å²) in [6.07, 6.45) is 0.897. The summed E-state index contributed by atoms with van der Waals surface area (Å²) < 4.78 is 24.3. The van der Waals surface area contributed by atoms with Crippen LogP contribution in [0.3, 0.4) is 0 Å². The molecule has 0 bridgehead atoms. The van der Waals surface area contributed by atoms with Crippen LogP contribution in [0.2, 0.25) is 0 Å². The Morgan fingerprint density at radius 3 is 2.10 bits per heavy atom. The van der Waals surface area contributed by atoms with Crippen molar-refractivity contribution in [3.8, 4) is 23.0 Å². The summed E-state index contributed by atoms with van der Waals surface area (Å²) in [7, 11) is 6.29. The minimum Gasteiger partial charge on any atom is -0.497 e. The second-order valence-electron chi connectivity index (χ2n) is 6.23. The van der Waals surface area contributed by atoms with Gasteiger partial charge in [0.25, 0.3) is 5.91 Å². The molecule has 0 saturated heterocycles. The van der Waals surface area contributed by atoms with Gasteiger partial charge >= 0.3 is 0 Å². The molecule has 1 aromatic heterocycles. The van der Waals surface area contributed by atoms with Crippen LogP contribution in [-0.4, -0.2) is 38.9 Å². The number of thiazole rings is 1. The summed E-state index contributed by atoms with van der Waals surface area (Å²) in [6, 6.07) is 8.84. The van der Waals surface area contributed by atoms with Gasteiger partial charge in [0.15, 0.2) is 16.3 Å². The fourth-order valence-corrected chi connectivity index (χ4v) is 4.07. The predicted molar refractivity (Wildman–Crippen MR) is 113 cm³/mol. The number of carbonyl (C=O) groups is 1. The molecule has 0 aliphatic carbocycles. The average Bonchev–Trinajstić information content (AvgIpc) is 3.08. The molecule has 3 aromatic rings. The Hall–Kier alpha value is -3.00. The van der Waals surface area contributed by atoms with Gasteiger partial charge in [-0.05, 0) is 18.6 Å². The number of aryl methyl sites for hydroxylation is 1. The molecule has 0 spiro atoms. The summed E-state index contributed by atoms with van der Waals surface area (Å²) >= 11 is 1.43. The zero-order valence-electron chi connectivity index (χ0n) is 17.1. The summed E-state index contributed by atoms with van der Waals surface area (Å²) in [5, 5.41) is 0. The first-order valence-electron chi connectivity index (χ1n) is 9.12. The Morgan fingerprint density at radius 2 is 1.55 bits per heavy atom. The highest BCUT2D eigenvalue weighted by Crippen LogP contribution is 2.33. The molecular weight excluding hydrogens is 392 g/mol. The molecule has 0 aliphatic rings. The van der Waals surface area contributed by atoms with Gasteiger partial charge in [-0.15, -0.1) is 0 Å². The largest absolute Gasteiger partial charge is 0.497 e. The second kappa shape index (κ2) is 9.00. The van der Waals surface area contributed by atoms with Crippen molar-refractivity contribution in [2.24, 2.45) is 4.99 Å². The molecule has 29 heavy (non-hydrogen) atoms. The van der Waals surface area contributed by atoms with E-state index in [1.807, 2.05) is 16.7 Å². The highest BCUT2D eigenvalue weighted by atomic mass is 32.1.